The van der Waals surface area contributed by atoms with Gasteiger partial charge in [-0.05, 0) is 42.0 Å². The van der Waals surface area contributed by atoms with Gasteiger partial charge in [0.2, 0.25) is 0 Å². The molecular weight excluding hydrogens is 344 g/mol. The Balaban J connectivity index is 1.49. The Hall–Kier alpha value is -3.25. The number of amides is 1. The molecule has 0 aliphatic carbocycles. The maximum atomic E-state index is 12.4. The molecule has 2 aromatic heterocycles. The van der Waals surface area contributed by atoms with Crippen LogP contribution in [0, 0.1) is 0 Å². The van der Waals surface area contributed by atoms with Crippen LogP contribution in [-0.4, -0.2) is 15.9 Å². The third-order valence-corrected chi connectivity index (χ3v) is 4.82. The van der Waals surface area contributed by atoms with E-state index in [0.29, 0.717) is 12.1 Å². The Kier molecular flexibility index (Phi) is 4.57. The highest BCUT2D eigenvalue weighted by molar-refractivity contribution is 7.22. The lowest BCUT2D eigenvalue weighted by atomic mass is 10.2. The van der Waals surface area contributed by atoms with Crippen LogP contribution in [0.5, 0.6) is 0 Å². The lowest BCUT2D eigenvalue weighted by Gasteiger charge is -2.04. The van der Waals surface area contributed by atoms with Gasteiger partial charge in [-0.25, -0.2) is 4.98 Å². The van der Waals surface area contributed by atoms with Gasteiger partial charge in [0.05, 0.1) is 10.2 Å². The molecule has 0 aliphatic heterocycles. The monoisotopic (exact) mass is 360 g/mol. The van der Waals surface area contributed by atoms with Gasteiger partial charge in [0.15, 0.2) is 5.13 Å². The number of nitrogens with zero attached hydrogens (tertiary/aromatic N) is 2. The summed E-state index contributed by atoms with van der Waals surface area (Å²) in [4.78, 5) is 21.1. The quantitative estimate of drug-likeness (QED) is 0.548. The van der Waals surface area contributed by atoms with Gasteiger partial charge < -0.3 is 10.6 Å². The van der Waals surface area contributed by atoms with Crippen LogP contribution in [0.4, 0.5) is 10.8 Å². The highest BCUT2D eigenvalue weighted by atomic mass is 32.1. The van der Waals surface area contributed by atoms with Gasteiger partial charge in [-0.3, -0.25) is 9.78 Å². The van der Waals surface area contributed by atoms with Crippen molar-refractivity contribution < 1.29 is 4.79 Å². The first-order valence-electron chi connectivity index (χ1n) is 8.18. The van der Waals surface area contributed by atoms with Gasteiger partial charge in [-0.2, -0.15) is 0 Å². The summed E-state index contributed by atoms with van der Waals surface area (Å²) in [6, 6.07) is 18.9. The lowest BCUT2D eigenvalue weighted by molar-refractivity contribution is 0.102. The molecule has 0 atom stereocenters. The predicted octanol–water partition coefficient (Wildman–Crippen LogP) is 4.56. The standard InChI is InChI=1S/C20H16N4OS/c25-19(23-16-6-2-1-3-7-16)15-8-9-17-18(11-15)26-20(24-17)22-13-14-5-4-10-21-12-14/h1-12H,13H2,(H,22,24)(H,23,25). The second-order valence-corrected chi connectivity index (χ2v) is 6.77. The van der Waals surface area contributed by atoms with Crippen LogP contribution in [-0.2, 0) is 6.54 Å². The number of fused-ring (bicyclic) bond motifs is 1. The van der Waals surface area contributed by atoms with Crippen molar-refractivity contribution in [2.45, 2.75) is 6.54 Å². The number of carbonyl (C=O) groups excluding carboxylic acids is 1. The molecule has 2 heterocycles. The fraction of sp³-hybridized carbons (Fsp3) is 0.0500. The number of pyridine rings is 1. The van der Waals surface area contributed by atoms with E-state index in [2.05, 4.69) is 20.6 Å². The molecule has 0 radical (unpaired) electrons. The minimum Gasteiger partial charge on any atom is -0.357 e. The largest absolute Gasteiger partial charge is 0.357 e. The summed E-state index contributed by atoms with van der Waals surface area (Å²) in [5.74, 6) is -0.128. The first-order valence-corrected chi connectivity index (χ1v) is 8.99. The topological polar surface area (TPSA) is 66.9 Å². The summed E-state index contributed by atoms with van der Waals surface area (Å²) in [6.45, 7) is 0.662. The molecule has 0 spiro atoms. The molecule has 0 aliphatic rings. The number of thiazole rings is 1. The number of hydrogen-bond donors (Lipinski definition) is 2. The molecule has 0 fully saturated rings. The Morgan fingerprint density at radius 3 is 2.73 bits per heavy atom. The Labute approximate surface area is 154 Å². The van der Waals surface area contributed by atoms with E-state index in [9.17, 15) is 4.79 Å². The summed E-state index contributed by atoms with van der Waals surface area (Å²) >= 11 is 1.53. The second kappa shape index (κ2) is 7.33. The van der Waals surface area contributed by atoms with Crippen LogP contribution < -0.4 is 10.6 Å². The summed E-state index contributed by atoms with van der Waals surface area (Å²) in [5.41, 5.74) is 3.36. The van der Waals surface area contributed by atoms with Crippen molar-refractivity contribution in [3.63, 3.8) is 0 Å². The van der Waals surface area contributed by atoms with E-state index >= 15 is 0 Å². The molecule has 6 heteroatoms. The number of benzene rings is 2. The number of rotatable bonds is 5. The van der Waals surface area contributed by atoms with Crippen molar-refractivity contribution in [3.05, 3.63) is 84.2 Å². The molecule has 0 unspecified atom stereocenters. The van der Waals surface area contributed by atoms with Gasteiger partial charge in [-0.15, -0.1) is 0 Å². The first-order chi connectivity index (χ1) is 12.8. The molecule has 128 valence electrons. The Morgan fingerprint density at radius 2 is 1.92 bits per heavy atom. The molecule has 5 nitrogen and oxygen atoms in total. The van der Waals surface area contributed by atoms with Crippen LogP contribution in [0.25, 0.3) is 10.2 Å². The van der Waals surface area contributed by atoms with Gasteiger partial charge in [0.25, 0.3) is 5.91 Å². The zero-order valence-electron chi connectivity index (χ0n) is 13.8. The molecular formula is C20H16N4OS. The number of carbonyl (C=O) groups is 1. The number of aromatic nitrogens is 2. The number of anilines is 2. The van der Waals surface area contributed by atoms with Crippen LogP contribution in [0.15, 0.2) is 73.1 Å². The van der Waals surface area contributed by atoms with E-state index in [0.717, 1.165) is 26.6 Å². The fourth-order valence-electron chi connectivity index (χ4n) is 2.55. The zero-order valence-corrected chi connectivity index (χ0v) is 14.7. The predicted molar refractivity (Wildman–Crippen MR) is 106 cm³/mol. The summed E-state index contributed by atoms with van der Waals surface area (Å²) in [7, 11) is 0. The number of para-hydroxylation sites is 1. The summed E-state index contributed by atoms with van der Waals surface area (Å²) in [5, 5.41) is 7.03. The minimum atomic E-state index is -0.128. The SMILES string of the molecule is O=C(Nc1ccccc1)c1ccc2nc(NCc3cccnc3)sc2c1. The molecule has 0 saturated heterocycles. The van der Waals surface area contributed by atoms with Crippen molar-refractivity contribution in [1.29, 1.82) is 0 Å². The molecule has 4 aromatic rings. The third-order valence-electron chi connectivity index (χ3n) is 3.85. The second-order valence-electron chi connectivity index (χ2n) is 5.74. The van der Waals surface area contributed by atoms with Crippen LogP contribution in [0.1, 0.15) is 15.9 Å². The van der Waals surface area contributed by atoms with E-state index in [1.165, 1.54) is 11.3 Å². The van der Waals surface area contributed by atoms with Crippen LogP contribution in [0.3, 0.4) is 0 Å². The van der Waals surface area contributed by atoms with Crippen LogP contribution >= 0.6 is 11.3 Å². The molecule has 0 bridgehead atoms. The van der Waals surface area contributed by atoms with E-state index < -0.39 is 0 Å². The molecule has 0 saturated carbocycles. The molecule has 2 aromatic carbocycles. The minimum absolute atomic E-state index is 0.128. The zero-order chi connectivity index (χ0) is 17.8. The van der Waals surface area contributed by atoms with Crippen molar-refractivity contribution in [2.75, 3.05) is 10.6 Å². The van der Waals surface area contributed by atoms with Crippen molar-refractivity contribution in [2.24, 2.45) is 0 Å². The van der Waals surface area contributed by atoms with E-state index in [4.69, 9.17) is 0 Å². The first kappa shape index (κ1) is 16.2. The summed E-state index contributed by atoms with van der Waals surface area (Å²) < 4.78 is 0.972. The smallest absolute Gasteiger partial charge is 0.255 e. The van der Waals surface area contributed by atoms with Gasteiger partial charge >= 0.3 is 0 Å². The highest BCUT2D eigenvalue weighted by Crippen LogP contribution is 2.27. The van der Waals surface area contributed by atoms with Crippen LogP contribution in [0.2, 0.25) is 0 Å². The van der Waals surface area contributed by atoms with Crippen molar-refractivity contribution >= 4 is 38.3 Å². The average Bonchev–Trinajstić information content (AvgIpc) is 3.10. The average molecular weight is 360 g/mol. The lowest BCUT2D eigenvalue weighted by Crippen LogP contribution is -2.11. The van der Waals surface area contributed by atoms with Crippen molar-refractivity contribution in [1.82, 2.24) is 9.97 Å². The Bertz CT molecular complexity index is 1030. The molecule has 1 amide bonds. The highest BCUT2D eigenvalue weighted by Gasteiger charge is 2.10. The van der Waals surface area contributed by atoms with Gasteiger partial charge in [0, 0.05) is 30.2 Å². The summed E-state index contributed by atoms with van der Waals surface area (Å²) in [6.07, 6.45) is 3.58. The maximum Gasteiger partial charge on any atom is 0.255 e. The molecule has 26 heavy (non-hydrogen) atoms. The van der Waals surface area contributed by atoms with E-state index in [-0.39, 0.29) is 5.91 Å². The molecule has 2 N–H and O–H groups in total. The Morgan fingerprint density at radius 1 is 1.04 bits per heavy atom. The van der Waals surface area contributed by atoms with Crippen molar-refractivity contribution in [3.8, 4) is 0 Å². The number of hydrogen-bond acceptors (Lipinski definition) is 5. The molecule has 4 rings (SSSR count). The van der Waals surface area contributed by atoms with Gasteiger partial charge in [-0.1, -0.05) is 35.6 Å². The normalized spacial score (nSPS) is 10.6. The van der Waals surface area contributed by atoms with Gasteiger partial charge in [0.1, 0.15) is 0 Å². The fourth-order valence-corrected chi connectivity index (χ4v) is 3.45. The van der Waals surface area contributed by atoms with E-state index in [1.807, 2.05) is 60.8 Å². The number of nitrogens with one attached hydrogen (secondary N) is 2. The third kappa shape index (κ3) is 3.70. The van der Waals surface area contributed by atoms with E-state index in [1.54, 1.807) is 12.3 Å². The maximum absolute atomic E-state index is 12.4.